The summed E-state index contributed by atoms with van der Waals surface area (Å²) >= 11 is 0. The van der Waals surface area contributed by atoms with Crippen LogP contribution in [-0.4, -0.2) is 46.5 Å². The highest BCUT2D eigenvalue weighted by Gasteiger charge is 2.25. The van der Waals surface area contributed by atoms with Gasteiger partial charge in [-0.25, -0.2) is 9.97 Å². The van der Waals surface area contributed by atoms with E-state index in [4.69, 9.17) is 0 Å². The maximum Gasteiger partial charge on any atom is 0.272 e. The van der Waals surface area contributed by atoms with Crippen molar-refractivity contribution in [3.8, 4) is 0 Å². The molecule has 24 heavy (non-hydrogen) atoms. The minimum Gasteiger partial charge on any atom is -0.354 e. The number of anilines is 1. The number of aryl methyl sites for hydroxylation is 1. The van der Waals surface area contributed by atoms with Crippen LogP contribution in [0.5, 0.6) is 0 Å². The number of hydrogen-bond donors (Lipinski definition) is 0. The molecule has 0 aliphatic carbocycles. The molecule has 2 aliphatic heterocycles. The van der Waals surface area contributed by atoms with Gasteiger partial charge in [-0.3, -0.25) is 4.79 Å². The Balaban J connectivity index is 1.83. The van der Waals surface area contributed by atoms with Crippen molar-refractivity contribution in [2.24, 2.45) is 0 Å². The Labute approximate surface area is 145 Å². The van der Waals surface area contributed by atoms with Crippen LogP contribution in [0, 0.1) is 6.92 Å². The van der Waals surface area contributed by atoms with Crippen LogP contribution in [0.3, 0.4) is 0 Å². The molecule has 3 rings (SSSR count). The van der Waals surface area contributed by atoms with Crippen molar-refractivity contribution >= 4 is 11.7 Å². The van der Waals surface area contributed by atoms with Crippen molar-refractivity contribution < 1.29 is 4.79 Å². The Morgan fingerprint density at radius 1 is 1.08 bits per heavy atom. The zero-order valence-electron chi connectivity index (χ0n) is 15.1. The SMILES string of the molecule is CCC1CCCCN1c1cc(C(=O)N2CCCCCC2)nc(C)n1. The van der Waals surface area contributed by atoms with Gasteiger partial charge < -0.3 is 9.80 Å². The lowest BCUT2D eigenvalue weighted by Crippen LogP contribution is -2.40. The standard InChI is InChI=1S/C19H30N4O/c1-3-16-10-6-9-13-23(16)18-14-17(20-15(2)21-18)19(24)22-11-7-4-5-8-12-22/h14,16H,3-13H2,1-2H3. The zero-order chi connectivity index (χ0) is 16.9. The van der Waals surface area contributed by atoms with E-state index < -0.39 is 0 Å². The molecule has 132 valence electrons. The van der Waals surface area contributed by atoms with Crippen LogP contribution >= 0.6 is 0 Å². The molecule has 0 spiro atoms. The van der Waals surface area contributed by atoms with Crippen molar-refractivity contribution in [2.75, 3.05) is 24.5 Å². The highest BCUT2D eigenvalue weighted by Crippen LogP contribution is 2.26. The fourth-order valence-electron chi connectivity index (χ4n) is 3.97. The second-order valence-corrected chi connectivity index (χ2v) is 7.12. The lowest BCUT2D eigenvalue weighted by molar-refractivity contribution is 0.0755. The number of carbonyl (C=O) groups is 1. The number of nitrogens with zero attached hydrogens (tertiary/aromatic N) is 4. The summed E-state index contributed by atoms with van der Waals surface area (Å²) in [5.74, 6) is 1.71. The van der Waals surface area contributed by atoms with E-state index in [1.54, 1.807) is 0 Å². The van der Waals surface area contributed by atoms with Gasteiger partial charge in [0.2, 0.25) is 0 Å². The van der Waals surface area contributed by atoms with Crippen molar-refractivity contribution in [1.29, 1.82) is 0 Å². The van der Waals surface area contributed by atoms with Gasteiger partial charge in [-0.2, -0.15) is 0 Å². The summed E-state index contributed by atoms with van der Waals surface area (Å²) in [7, 11) is 0. The molecular weight excluding hydrogens is 300 g/mol. The van der Waals surface area contributed by atoms with E-state index in [1.807, 2.05) is 17.9 Å². The van der Waals surface area contributed by atoms with E-state index in [0.717, 1.165) is 44.7 Å². The molecule has 2 fully saturated rings. The average Bonchev–Trinajstić information content (AvgIpc) is 2.90. The molecule has 1 atom stereocenters. The second kappa shape index (κ2) is 7.95. The second-order valence-electron chi connectivity index (χ2n) is 7.12. The first-order chi connectivity index (χ1) is 11.7. The molecule has 5 nitrogen and oxygen atoms in total. The molecule has 2 aliphatic rings. The Bertz CT molecular complexity index is 566. The van der Waals surface area contributed by atoms with Crippen LogP contribution in [-0.2, 0) is 0 Å². The van der Waals surface area contributed by atoms with E-state index in [1.165, 1.54) is 32.1 Å². The highest BCUT2D eigenvalue weighted by molar-refractivity contribution is 5.93. The van der Waals surface area contributed by atoms with E-state index in [9.17, 15) is 4.79 Å². The van der Waals surface area contributed by atoms with Gasteiger partial charge in [-0.1, -0.05) is 19.8 Å². The molecule has 1 unspecified atom stereocenters. The normalized spacial score (nSPS) is 22.3. The molecule has 1 aromatic rings. The molecule has 0 radical (unpaired) electrons. The molecule has 0 aromatic carbocycles. The van der Waals surface area contributed by atoms with Gasteiger partial charge in [0.05, 0.1) is 0 Å². The van der Waals surface area contributed by atoms with Gasteiger partial charge >= 0.3 is 0 Å². The maximum atomic E-state index is 12.9. The lowest BCUT2D eigenvalue weighted by Gasteiger charge is -2.36. The lowest BCUT2D eigenvalue weighted by atomic mass is 10.00. The first kappa shape index (κ1) is 17.2. The van der Waals surface area contributed by atoms with E-state index in [0.29, 0.717) is 17.6 Å². The number of likely N-dealkylation sites (tertiary alicyclic amines) is 1. The van der Waals surface area contributed by atoms with Gasteiger partial charge in [0.1, 0.15) is 17.3 Å². The van der Waals surface area contributed by atoms with Gasteiger partial charge in [0.15, 0.2) is 0 Å². The topological polar surface area (TPSA) is 49.3 Å². The summed E-state index contributed by atoms with van der Waals surface area (Å²) in [6.07, 6.45) is 9.49. The Morgan fingerprint density at radius 2 is 1.79 bits per heavy atom. The summed E-state index contributed by atoms with van der Waals surface area (Å²) in [5.41, 5.74) is 0.569. The maximum absolute atomic E-state index is 12.9. The number of aromatic nitrogens is 2. The first-order valence-corrected chi connectivity index (χ1v) is 9.60. The summed E-state index contributed by atoms with van der Waals surface area (Å²) < 4.78 is 0. The molecule has 0 saturated carbocycles. The van der Waals surface area contributed by atoms with Crippen molar-refractivity contribution in [3.63, 3.8) is 0 Å². The van der Waals surface area contributed by atoms with Crippen LogP contribution in [0.1, 0.15) is 74.6 Å². The molecule has 3 heterocycles. The monoisotopic (exact) mass is 330 g/mol. The number of piperidine rings is 1. The summed E-state index contributed by atoms with van der Waals surface area (Å²) in [5, 5.41) is 0. The molecule has 1 aromatic heterocycles. The van der Waals surface area contributed by atoms with Crippen LogP contribution in [0.2, 0.25) is 0 Å². The van der Waals surface area contributed by atoms with Gasteiger partial charge in [-0.05, 0) is 45.4 Å². The number of rotatable bonds is 3. The van der Waals surface area contributed by atoms with Crippen LogP contribution < -0.4 is 4.90 Å². The largest absolute Gasteiger partial charge is 0.354 e. The Hall–Kier alpha value is -1.65. The minimum absolute atomic E-state index is 0.0775. The summed E-state index contributed by atoms with van der Waals surface area (Å²) in [4.78, 5) is 26.4. The Kier molecular flexibility index (Phi) is 5.69. The number of hydrogen-bond acceptors (Lipinski definition) is 4. The van der Waals surface area contributed by atoms with Crippen molar-refractivity contribution in [2.45, 2.75) is 71.3 Å². The molecule has 1 amide bonds. The van der Waals surface area contributed by atoms with E-state index in [2.05, 4.69) is 21.8 Å². The predicted molar refractivity (Wildman–Crippen MR) is 96.4 cm³/mol. The highest BCUT2D eigenvalue weighted by atomic mass is 16.2. The first-order valence-electron chi connectivity index (χ1n) is 9.60. The smallest absolute Gasteiger partial charge is 0.272 e. The fourth-order valence-corrected chi connectivity index (χ4v) is 3.97. The molecule has 0 N–H and O–H groups in total. The molecule has 2 saturated heterocycles. The van der Waals surface area contributed by atoms with E-state index in [-0.39, 0.29) is 5.91 Å². The van der Waals surface area contributed by atoms with Crippen LogP contribution in [0.15, 0.2) is 6.07 Å². The third-order valence-electron chi connectivity index (χ3n) is 5.33. The van der Waals surface area contributed by atoms with Gasteiger partial charge in [0.25, 0.3) is 5.91 Å². The third-order valence-corrected chi connectivity index (χ3v) is 5.33. The average molecular weight is 330 g/mol. The van der Waals surface area contributed by atoms with Crippen molar-refractivity contribution in [1.82, 2.24) is 14.9 Å². The molecule has 5 heteroatoms. The number of amides is 1. The predicted octanol–water partition coefficient (Wildman–Crippen LogP) is 3.57. The van der Waals surface area contributed by atoms with Crippen LogP contribution in [0.25, 0.3) is 0 Å². The van der Waals surface area contributed by atoms with Crippen LogP contribution in [0.4, 0.5) is 5.82 Å². The Morgan fingerprint density at radius 3 is 2.50 bits per heavy atom. The third kappa shape index (κ3) is 3.87. The minimum atomic E-state index is 0.0775. The molecule has 0 bridgehead atoms. The quantitative estimate of drug-likeness (QED) is 0.850. The number of carbonyl (C=O) groups excluding carboxylic acids is 1. The summed E-state index contributed by atoms with van der Waals surface area (Å²) in [6, 6.07) is 2.46. The van der Waals surface area contributed by atoms with Crippen molar-refractivity contribution in [3.05, 3.63) is 17.6 Å². The summed E-state index contributed by atoms with van der Waals surface area (Å²) in [6.45, 7) is 6.89. The molecular formula is C19H30N4O. The zero-order valence-corrected chi connectivity index (χ0v) is 15.1. The van der Waals surface area contributed by atoms with Gasteiger partial charge in [-0.15, -0.1) is 0 Å². The van der Waals surface area contributed by atoms with Gasteiger partial charge in [0, 0.05) is 31.7 Å². The van der Waals surface area contributed by atoms with E-state index >= 15 is 0 Å². The fraction of sp³-hybridized carbons (Fsp3) is 0.737.